The molecule has 0 spiro atoms. The minimum absolute atomic E-state index is 0.0970. The van der Waals surface area contributed by atoms with E-state index in [1.54, 1.807) is 9.25 Å². The molecule has 24 heavy (non-hydrogen) atoms. The van der Waals surface area contributed by atoms with E-state index in [4.69, 9.17) is 4.74 Å². The number of nitrogens with zero attached hydrogens (tertiary/aromatic N) is 4. The van der Waals surface area contributed by atoms with E-state index in [9.17, 15) is 9.59 Å². The molecule has 0 atom stereocenters. The maximum absolute atomic E-state index is 12.3. The van der Waals surface area contributed by atoms with Crippen LogP contribution in [-0.2, 0) is 30.0 Å². The minimum Gasteiger partial charge on any atom is -0.366 e. The van der Waals surface area contributed by atoms with Crippen LogP contribution >= 0.6 is 0 Å². The number of nitrogens with one attached hydrogen (secondary N) is 1. The lowest BCUT2D eigenvalue weighted by atomic mass is 10.1. The third kappa shape index (κ3) is 3.09. The number of aryl methyl sites for hydroxylation is 1. The highest BCUT2D eigenvalue weighted by atomic mass is 16.5. The number of fused-ring (bicyclic) bond motifs is 1. The van der Waals surface area contributed by atoms with Crippen molar-refractivity contribution in [1.82, 2.24) is 24.6 Å². The van der Waals surface area contributed by atoms with Crippen molar-refractivity contribution < 1.29 is 9.53 Å². The Bertz CT molecular complexity index is 821. The number of ether oxygens (including phenoxy) is 1. The largest absolute Gasteiger partial charge is 0.366 e. The molecule has 0 aliphatic carbocycles. The maximum atomic E-state index is 12.3. The monoisotopic (exact) mass is 331 g/mol. The molecule has 0 saturated heterocycles. The predicted octanol–water partition coefficient (Wildman–Crippen LogP) is 0.655. The summed E-state index contributed by atoms with van der Waals surface area (Å²) in [6.45, 7) is 7.61. The van der Waals surface area contributed by atoms with Crippen LogP contribution in [0.15, 0.2) is 23.1 Å². The van der Waals surface area contributed by atoms with Gasteiger partial charge in [-0.05, 0) is 26.8 Å². The quantitative estimate of drug-likeness (QED) is 0.888. The second-order valence-corrected chi connectivity index (χ2v) is 6.16. The zero-order valence-corrected chi connectivity index (χ0v) is 14.1. The molecule has 2 aromatic heterocycles. The van der Waals surface area contributed by atoms with E-state index in [-0.39, 0.29) is 17.8 Å². The van der Waals surface area contributed by atoms with Crippen molar-refractivity contribution in [2.24, 2.45) is 0 Å². The molecule has 1 amide bonds. The van der Waals surface area contributed by atoms with Crippen LogP contribution in [0.25, 0.3) is 0 Å². The minimum atomic E-state index is -0.701. The Morgan fingerprint density at radius 3 is 2.96 bits per heavy atom. The molecule has 0 aromatic carbocycles. The lowest BCUT2D eigenvalue weighted by molar-refractivity contribution is -0.0564. The van der Waals surface area contributed by atoms with Gasteiger partial charge in [0.25, 0.3) is 11.5 Å². The van der Waals surface area contributed by atoms with Crippen LogP contribution in [0.2, 0.25) is 0 Å². The highest BCUT2D eigenvalue weighted by Crippen LogP contribution is 2.25. The summed E-state index contributed by atoms with van der Waals surface area (Å²) in [5.41, 5.74) is -0.0896. The van der Waals surface area contributed by atoms with Crippen molar-refractivity contribution in [2.75, 3.05) is 6.61 Å². The first-order valence-electron chi connectivity index (χ1n) is 7.97. The van der Waals surface area contributed by atoms with Crippen LogP contribution in [0.3, 0.4) is 0 Å². The number of rotatable bonds is 4. The normalized spacial score (nSPS) is 15.8. The topological polar surface area (TPSA) is 91.0 Å². The molecule has 1 aliphatic heterocycles. The van der Waals surface area contributed by atoms with Gasteiger partial charge >= 0.3 is 0 Å². The van der Waals surface area contributed by atoms with Crippen molar-refractivity contribution in [3.05, 3.63) is 45.9 Å². The van der Waals surface area contributed by atoms with E-state index in [0.29, 0.717) is 19.0 Å². The van der Waals surface area contributed by atoms with Crippen molar-refractivity contribution >= 4 is 5.91 Å². The van der Waals surface area contributed by atoms with Crippen LogP contribution in [0.1, 0.15) is 42.8 Å². The Kier molecular flexibility index (Phi) is 4.23. The maximum Gasteiger partial charge on any atom is 0.270 e. The lowest BCUT2D eigenvalue weighted by Gasteiger charge is -2.32. The summed E-state index contributed by atoms with van der Waals surface area (Å²) in [5, 5.41) is 7.05. The van der Waals surface area contributed by atoms with Gasteiger partial charge in [0.2, 0.25) is 0 Å². The molecular weight excluding hydrogens is 310 g/mol. The van der Waals surface area contributed by atoms with E-state index in [0.717, 1.165) is 12.2 Å². The molecule has 0 fully saturated rings. The summed E-state index contributed by atoms with van der Waals surface area (Å²) in [6, 6.07) is 3.11. The van der Waals surface area contributed by atoms with Gasteiger partial charge in [-0.1, -0.05) is 0 Å². The number of hydrogen-bond donors (Lipinski definition) is 1. The standard InChI is InChI=1S/C16H21N5O3/c1-4-20-6-5-11(19-20)10-17-14(23)12-9-13(22)21-7-8-24-16(2,3)15(21)18-12/h5-6,9H,4,7-8,10H2,1-3H3,(H,17,23). The summed E-state index contributed by atoms with van der Waals surface area (Å²) in [7, 11) is 0. The molecule has 3 rings (SSSR count). The van der Waals surface area contributed by atoms with Crippen LogP contribution in [-0.4, -0.2) is 31.8 Å². The average molecular weight is 331 g/mol. The third-order valence-corrected chi connectivity index (χ3v) is 4.01. The van der Waals surface area contributed by atoms with E-state index in [2.05, 4.69) is 15.4 Å². The summed E-state index contributed by atoms with van der Waals surface area (Å²) < 4.78 is 9.00. The summed E-state index contributed by atoms with van der Waals surface area (Å²) in [5.74, 6) is 0.0737. The first-order chi connectivity index (χ1) is 11.4. The highest BCUT2D eigenvalue weighted by Gasteiger charge is 2.32. The zero-order chi connectivity index (χ0) is 17.3. The van der Waals surface area contributed by atoms with Gasteiger partial charge in [-0.2, -0.15) is 5.10 Å². The number of carbonyl (C=O) groups is 1. The predicted molar refractivity (Wildman–Crippen MR) is 86.5 cm³/mol. The number of amides is 1. The number of carbonyl (C=O) groups excluding carboxylic acids is 1. The fourth-order valence-corrected chi connectivity index (χ4v) is 2.69. The Morgan fingerprint density at radius 1 is 1.46 bits per heavy atom. The van der Waals surface area contributed by atoms with Gasteiger partial charge in [0.05, 0.1) is 25.4 Å². The molecule has 1 N–H and O–H groups in total. The average Bonchev–Trinajstić information content (AvgIpc) is 3.01. The van der Waals surface area contributed by atoms with E-state index in [1.165, 1.54) is 6.07 Å². The Hall–Kier alpha value is -2.48. The van der Waals surface area contributed by atoms with Gasteiger partial charge < -0.3 is 10.1 Å². The molecular formula is C16H21N5O3. The van der Waals surface area contributed by atoms with Crippen molar-refractivity contribution in [3.63, 3.8) is 0 Å². The molecule has 8 heteroatoms. The van der Waals surface area contributed by atoms with E-state index in [1.807, 2.05) is 33.0 Å². The van der Waals surface area contributed by atoms with Gasteiger partial charge in [-0.3, -0.25) is 18.8 Å². The van der Waals surface area contributed by atoms with Gasteiger partial charge in [0.1, 0.15) is 17.1 Å². The molecule has 0 radical (unpaired) electrons. The fraction of sp³-hybridized carbons (Fsp3) is 0.500. The Morgan fingerprint density at radius 2 is 2.25 bits per heavy atom. The molecule has 3 heterocycles. The van der Waals surface area contributed by atoms with E-state index >= 15 is 0 Å². The number of aromatic nitrogens is 4. The molecule has 8 nitrogen and oxygen atoms in total. The van der Waals surface area contributed by atoms with Crippen molar-refractivity contribution in [2.45, 2.75) is 46.0 Å². The summed E-state index contributed by atoms with van der Waals surface area (Å²) in [4.78, 5) is 29.0. The van der Waals surface area contributed by atoms with Gasteiger partial charge in [-0.25, -0.2) is 4.98 Å². The zero-order valence-electron chi connectivity index (χ0n) is 14.1. The number of hydrogen-bond acceptors (Lipinski definition) is 5. The van der Waals surface area contributed by atoms with Crippen LogP contribution < -0.4 is 10.9 Å². The van der Waals surface area contributed by atoms with Crippen molar-refractivity contribution in [1.29, 1.82) is 0 Å². The Balaban J connectivity index is 1.80. The first kappa shape index (κ1) is 16.4. The van der Waals surface area contributed by atoms with Gasteiger partial charge in [0, 0.05) is 18.8 Å². The fourth-order valence-electron chi connectivity index (χ4n) is 2.69. The Labute approximate surface area is 139 Å². The molecule has 128 valence electrons. The molecule has 0 bridgehead atoms. The highest BCUT2D eigenvalue weighted by molar-refractivity contribution is 5.92. The molecule has 0 saturated carbocycles. The van der Waals surface area contributed by atoms with Crippen LogP contribution in [0, 0.1) is 0 Å². The van der Waals surface area contributed by atoms with Gasteiger partial charge in [-0.15, -0.1) is 0 Å². The van der Waals surface area contributed by atoms with Gasteiger partial charge in [0.15, 0.2) is 0 Å². The smallest absolute Gasteiger partial charge is 0.270 e. The molecule has 2 aromatic rings. The van der Waals surface area contributed by atoms with Crippen LogP contribution in [0.5, 0.6) is 0 Å². The summed E-state index contributed by atoms with van der Waals surface area (Å²) >= 11 is 0. The SMILES string of the molecule is CCn1ccc(CNC(=O)c2cc(=O)n3c(n2)C(C)(C)OCC3)n1. The first-order valence-corrected chi connectivity index (χ1v) is 7.97. The summed E-state index contributed by atoms with van der Waals surface area (Å²) in [6.07, 6.45) is 1.85. The molecule has 1 aliphatic rings. The van der Waals surface area contributed by atoms with E-state index < -0.39 is 11.5 Å². The second-order valence-electron chi connectivity index (χ2n) is 6.16. The second kappa shape index (κ2) is 6.20. The molecule has 0 unspecified atom stereocenters. The van der Waals surface area contributed by atoms with Crippen LogP contribution in [0.4, 0.5) is 0 Å². The lowest BCUT2D eigenvalue weighted by Crippen LogP contribution is -2.42. The van der Waals surface area contributed by atoms with Crippen molar-refractivity contribution in [3.8, 4) is 0 Å². The third-order valence-electron chi connectivity index (χ3n) is 4.01.